The molecule has 2 heterocycles. The van der Waals surface area contributed by atoms with Crippen LogP contribution in [0.3, 0.4) is 0 Å². The van der Waals surface area contributed by atoms with Crippen LogP contribution in [0.25, 0.3) is 5.65 Å². The topological polar surface area (TPSA) is 52.8 Å². The summed E-state index contributed by atoms with van der Waals surface area (Å²) >= 11 is 4.29. The molecule has 0 spiro atoms. The summed E-state index contributed by atoms with van der Waals surface area (Å²) in [7, 11) is 1.61. The minimum absolute atomic E-state index is 0.201. The van der Waals surface area contributed by atoms with Gasteiger partial charge in [0.25, 0.3) is 5.56 Å². The van der Waals surface area contributed by atoms with E-state index < -0.39 is 0 Å². The average molecular weight is 314 g/mol. The van der Waals surface area contributed by atoms with Crippen LogP contribution in [0.5, 0.6) is 11.5 Å². The van der Waals surface area contributed by atoms with Gasteiger partial charge in [-0.2, -0.15) is 0 Å². The molecule has 0 N–H and O–H groups in total. The quantitative estimate of drug-likeness (QED) is 0.752. The Labute approximate surface area is 132 Å². The Bertz CT molecular complexity index is 859. The lowest BCUT2D eigenvalue weighted by Crippen LogP contribution is -2.17. The van der Waals surface area contributed by atoms with Gasteiger partial charge < -0.3 is 9.47 Å². The summed E-state index contributed by atoms with van der Waals surface area (Å²) < 4.78 is 12.1. The summed E-state index contributed by atoms with van der Waals surface area (Å²) in [5.41, 5.74) is 1.19. The fourth-order valence-corrected chi connectivity index (χ4v) is 2.31. The first-order valence-electron chi connectivity index (χ1n) is 6.64. The Morgan fingerprint density at radius 3 is 2.73 bits per heavy atom. The van der Waals surface area contributed by atoms with Gasteiger partial charge in [0.15, 0.2) is 5.65 Å². The van der Waals surface area contributed by atoms with Crippen molar-refractivity contribution >= 4 is 18.3 Å². The molecule has 0 saturated heterocycles. The molecule has 5 nitrogen and oxygen atoms in total. The van der Waals surface area contributed by atoms with Crippen molar-refractivity contribution < 1.29 is 9.47 Å². The zero-order valence-corrected chi connectivity index (χ0v) is 12.8. The zero-order valence-electron chi connectivity index (χ0n) is 11.9. The molecule has 0 bridgehead atoms. The normalized spacial score (nSPS) is 10.6. The van der Waals surface area contributed by atoms with E-state index in [2.05, 4.69) is 17.6 Å². The molecule has 0 saturated carbocycles. The summed E-state index contributed by atoms with van der Waals surface area (Å²) in [6, 6.07) is 11.0. The monoisotopic (exact) mass is 314 g/mol. The maximum Gasteiger partial charge on any atom is 0.300 e. The van der Waals surface area contributed by atoms with E-state index in [9.17, 15) is 4.79 Å². The second-order valence-electron chi connectivity index (χ2n) is 4.65. The Kier molecular flexibility index (Phi) is 4.02. The third kappa shape index (κ3) is 2.78. The lowest BCUT2D eigenvalue weighted by molar-refractivity contribution is 0.299. The Hall–Kier alpha value is -2.47. The van der Waals surface area contributed by atoms with Crippen molar-refractivity contribution in [2.24, 2.45) is 0 Å². The highest BCUT2D eigenvalue weighted by molar-refractivity contribution is 7.80. The molecule has 0 fully saturated rings. The smallest absolute Gasteiger partial charge is 0.300 e. The van der Waals surface area contributed by atoms with Gasteiger partial charge in [0.2, 0.25) is 5.75 Å². The first kappa shape index (κ1) is 14.5. The lowest BCUT2D eigenvalue weighted by Gasteiger charge is -2.08. The number of nitrogens with zero attached hydrogens (tertiary/aromatic N) is 2. The molecule has 6 heteroatoms. The summed E-state index contributed by atoms with van der Waals surface area (Å²) in [6.45, 7) is 0.285. The number of ether oxygens (including phenoxy) is 2. The third-order valence-electron chi connectivity index (χ3n) is 3.23. The summed E-state index contributed by atoms with van der Waals surface area (Å²) in [5.74, 6) is 0.977. The molecule has 2 aromatic heterocycles. The largest absolute Gasteiger partial charge is 0.497 e. The summed E-state index contributed by atoms with van der Waals surface area (Å²) in [6.07, 6.45) is 3.07. The van der Waals surface area contributed by atoms with Crippen LogP contribution < -0.4 is 15.0 Å². The van der Waals surface area contributed by atoms with Gasteiger partial charge in [0.05, 0.1) is 13.3 Å². The molecular weight excluding hydrogens is 300 g/mol. The van der Waals surface area contributed by atoms with E-state index in [0.717, 1.165) is 11.3 Å². The minimum atomic E-state index is -0.255. The first-order valence-corrected chi connectivity index (χ1v) is 7.09. The Morgan fingerprint density at radius 1 is 1.23 bits per heavy atom. The zero-order chi connectivity index (χ0) is 15.5. The second-order valence-corrected chi connectivity index (χ2v) is 5.13. The van der Waals surface area contributed by atoms with Crippen molar-refractivity contribution in [3.05, 3.63) is 64.7 Å². The van der Waals surface area contributed by atoms with Gasteiger partial charge >= 0.3 is 0 Å². The van der Waals surface area contributed by atoms with Crippen LogP contribution >= 0.6 is 12.6 Å². The van der Waals surface area contributed by atoms with Gasteiger partial charge in [-0.05, 0) is 29.8 Å². The molecule has 0 atom stereocenters. The van der Waals surface area contributed by atoms with Crippen molar-refractivity contribution in [2.75, 3.05) is 7.11 Å². The molecule has 0 unspecified atom stereocenters. The van der Waals surface area contributed by atoms with Crippen molar-refractivity contribution in [1.82, 2.24) is 9.38 Å². The molecule has 0 amide bonds. The van der Waals surface area contributed by atoms with E-state index in [-0.39, 0.29) is 17.9 Å². The molecule has 0 aliphatic carbocycles. The van der Waals surface area contributed by atoms with Crippen LogP contribution in [-0.2, 0) is 6.61 Å². The van der Waals surface area contributed by atoms with Crippen molar-refractivity contribution in [3.63, 3.8) is 0 Å². The number of fused-ring (bicyclic) bond motifs is 1. The molecule has 3 aromatic rings. The van der Waals surface area contributed by atoms with Crippen LogP contribution in [-0.4, -0.2) is 16.5 Å². The SMILES string of the molecule is COc1ccc(COc2cnc3c(S)cccn3c2=O)cc1. The van der Waals surface area contributed by atoms with Gasteiger partial charge in [-0.15, -0.1) is 12.6 Å². The number of pyridine rings is 1. The van der Waals surface area contributed by atoms with Crippen molar-refractivity contribution in [2.45, 2.75) is 11.5 Å². The maximum absolute atomic E-state index is 12.3. The fraction of sp³-hybridized carbons (Fsp3) is 0.125. The fourth-order valence-electron chi connectivity index (χ4n) is 2.06. The highest BCUT2D eigenvalue weighted by atomic mass is 32.1. The van der Waals surface area contributed by atoms with Crippen LogP contribution in [0.15, 0.2) is 58.5 Å². The number of rotatable bonds is 4. The maximum atomic E-state index is 12.3. The van der Waals surface area contributed by atoms with Crippen molar-refractivity contribution in [3.8, 4) is 11.5 Å². The average Bonchev–Trinajstić information content (AvgIpc) is 2.55. The van der Waals surface area contributed by atoms with E-state index in [4.69, 9.17) is 9.47 Å². The van der Waals surface area contributed by atoms with Crippen LogP contribution in [0.2, 0.25) is 0 Å². The number of hydrogen-bond donors (Lipinski definition) is 1. The van der Waals surface area contributed by atoms with E-state index in [0.29, 0.717) is 10.5 Å². The van der Waals surface area contributed by atoms with Crippen LogP contribution in [0, 0.1) is 0 Å². The van der Waals surface area contributed by atoms with E-state index in [1.807, 2.05) is 24.3 Å². The molecule has 1 aromatic carbocycles. The summed E-state index contributed by atoms with van der Waals surface area (Å²) in [5, 5.41) is 0. The van der Waals surface area contributed by atoms with Crippen molar-refractivity contribution in [1.29, 1.82) is 0 Å². The molecule has 112 valence electrons. The number of methoxy groups -OCH3 is 1. The van der Waals surface area contributed by atoms with Gasteiger partial charge in [0.1, 0.15) is 12.4 Å². The predicted molar refractivity (Wildman–Crippen MR) is 86.0 cm³/mol. The molecule has 3 rings (SSSR count). The molecular formula is C16H14N2O3S. The highest BCUT2D eigenvalue weighted by Crippen LogP contribution is 2.15. The number of benzene rings is 1. The highest BCUT2D eigenvalue weighted by Gasteiger charge is 2.07. The third-order valence-corrected chi connectivity index (χ3v) is 3.58. The van der Waals surface area contributed by atoms with Crippen LogP contribution in [0.4, 0.5) is 0 Å². The van der Waals surface area contributed by atoms with E-state index >= 15 is 0 Å². The van der Waals surface area contributed by atoms with Gasteiger partial charge in [-0.3, -0.25) is 9.20 Å². The van der Waals surface area contributed by atoms with Gasteiger partial charge in [-0.1, -0.05) is 12.1 Å². The minimum Gasteiger partial charge on any atom is -0.497 e. The lowest BCUT2D eigenvalue weighted by atomic mass is 10.2. The summed E-state index contributed by atoms with van der Waals surface area (Å²) in [4.78, 5) is 17.2. The number of aromatic nitrogens is 2. The van der Waals surface area contributed by atoms with E-state index in [1.165, 1.54) is 10.6 Å². The number of hydrogen-bond acceptors (Lipinski definition) is 5. The van der Waals surface area contributed by atoms with Gasteiger partial charge in [-0.25, -0.2) is 4.98 Å². The molecule has 22 heavy (non-hydrogen) atoms. The second kappa shape index (κ2) is 6.11. The predicted octanol–water partition coefficient (Wildman–Crippen LogP) is 2.57. The molecule has 0 aliphatic heterocycles. The number of thiol groups is 1. The first-order chi connectivity index (χ1) is 10.7. The van der Waals surface area contributed by atoms with E-state index in [1.54, 1.807) is 25.4 Å². The Morgan fingerprint density at radius 2 is 2.00 bits per heavy atom. The Balaban J connectivity index is 1.84. The molecule has 0 radical (unpaired) electrons. The van der Waals surface area contributed by atoms with Gasteiger partial charge in [0, 0.05) is 11.1 Å². The standard InChI is InChI=1S/C16H14N2O3S/c1-20-12-6-4-11(5-7-12)10-21-13-9-17-15-14(22)3-2-8-18(15)16(13)19/h2-9,22H,10H2,1H3. The van der Waals surface area contributed by atoms with Crippen LogP contribution in [0.1, 0.15) is 5.56 Å². The molecule has 0 aliphatic rings.